The summed E-state index contributed by atoms with van der Waals surface area (Å²) in [7, 11) is 0. The summed E-state index contributed by atoms with van der Waals surface area (Å²) in [5.41, 5.74) is 1.39. The van der Waals surface area contributed by atoms with E-state index in [-0.39, 0.29) is 31.9 Å². The first-order valence-corrected chi connectivity index (χ1v) is 8.41. The van der Waals surface area contributed by atoms with Crippen molar-refractivity contribution < 1.29 is 28.8 Å². The standard InChI is InChI=1S/C19H17FN2O4.O3/c20-16-8-6-14(7-9-16)10-18(24)21-11-17(23)12-22(21)19(25)26-13-15-4-2-1-3-5-15;1-3-2/h1-9H,10-13H2;. The second-order valence-electron chi connectivity index (χ2n) is 5.96. The van der Waals surface area contributed by atoms with Crippen LogP contribution in [0.5, 0.6) is 0 Å². The Balaban J connectivity index is 0.000000941. The summed E-state index contributed by atoms with van der Waals surface area (Å²) >= 11 is 0. The molecule has 2 aromatic carbocycles. The van der Waals surface area contributed by atoms with Crippen LogP contribution in [-0.4, -0.2) is 40.9 Å². The Labute approximate surface area is 164 Å². The molecule has 152 valence electrons. The smallest absolute Gasteiger partial charge is 0.429 e. The first kappa shape index (κ1) is 21.5. The van der Waals surface area contributed by atoms with Crippen molar-refractivity contribution in [3.63, 3.8) is 0 Å². The Hall–Kier alpha value is -3.82. The van der Waals surface area contributed by atoms with Crippen LogP contribution >= 0.6 is 0 Å². The third kappa shape index (κ3) is 6.38. The molecule has 29 heavy (non-hydrogen) atoms. The predicted molar refractivity (Wildman–Crippen MR) is 96.9 cm³/mol. The fourth-order valence-corrected chi connectivity index (χ4v) is 2.60. The molecular formula is C19H17FN2O7. The van der Waals surface area contributed by atoms with Gasteiger partial charge in [-0.1, -0.05) is 52.7 Å². The molecule has 0 aromatic heterocycles. The maximum Gasteiger partial charge on any atom is 0.429 e. The number of ether oxygens (including phenoxy) is 1. The van der Waals surface area contributed by atoms with Crippen molar-refractivity contribution in [3.8, 4) is 0 Å². The first-order chi connectivity index (χ1) is 13.9. The lowest BCUT2D eigenvalue weighted by Gasteiger charge is -2.26. The molecule has 9 nitrogen and oxygen atoms in total. The molecule has 1 fully saturated rings. The monoisotopic (exact) mass is 404 g/mol. The van der Waals surface area contributed by atoms with Crippen molar-refractivity contribution in [3.05, 3.63) is 81.3 Å². The van der Waals surface area contributed by atoms with Gasteiger partial charge in [-0.25, -0.2) is 19.2 Å². The summed E-state index contributed by atoms with van der Waals surface area (Å²) in [6.45, 7) is -0.340. The summed E-state index contributed by atoms with van der Waals surface area (Å²) in [4.78, 5) is 44.4. The fourth-order valence-electron chi connectivity index (χ4n) is 2.60. The number of ketones is 1. The van der Waals surface area contributed by atoms with E-state index >= 15 is 0 Å². The van der Waals surface area contributed by atoms with Crippen molar-refractivity contribution >= 4 is 17.8 Å². The molecule has 0 unspecified atom stereocenters. The number of nitrogens with zero attached hydrogens (tertiary/aromatic N) is 2. The summed E-state index contributed by atoms with van der Waals surface area (Å²) in [6.07, 6.45) is -0.803. The number of hydrogen-bond acceptors (Lipinski definition) is 6. The van der Waals surface area contributed by atoms with Crippen LogP contribution in [0.4, 0.5) is 9.18 Å². The van der Waals surface area contributed by atoms with Gasteiger partial charge in [0.2, 0.25) is 5.91 Å². The minimum Gasteiger partial charge on any atom is -0.443 e. The van der Waals surface area contributed by atoms with E-state index in [1.807, 2.05) is 18.2 Å². The second kappa shape index (κ2) is 10.5. The van der Waals surface area contributed by atoms with Crippen molar-refractivity contribution in [2.24, 2.45) is 0 Å². The number of Topliss-reactive ketones (excluding diaryl/α,β-unsaturated/α-hetero) is 1. The normalized spacial score (nSPS) is 12.8. The van der Waals surface area contributed by atoms with Gasteiger partial charge in [0.15, 0.2) is 10.5 Å². The molecule has 0 atom stereocenters. The number of amides is 2. The predicted octanol–water partition coefficient (Wildman–Crippen LogP) is 1.21. The van der Waals surface area contributed by atoms with E-state index in [1.54, 1.807) is 16.9 Å². The Kier molecular flexibility index (Phi) is 7.78. The Morgan fingerprint density at radius 2 is 1.59 bits per heavy atom. The van der Waals surface area contributed by atoms with Crippen molar-refractivity contribution in [2.45, 2.75) is 13.0 Å². The SMILES string of the molecule is O=C1CN(C(=O)Cc2ccc(F)cc2)N(C(=O)OCc2ccccc2)C1.O=[O+][O-]. The van der Waals surface area contributed by atoms with E-state index in [0.717, 1.165) is 15.6 Å². The summed E-state index contributed by atoms with van der Waals surface area (Å²) in [5, 5.41) is 9.97. The van der Waals surface area contributed by atoms with Crippen molar-refractivity contribution in [1.82, 2.24) is 10.0 Å². The number of carbonyl (C=O) groups excluding carboxylic acids is 3. The van der Waals surface area contributed by atoms with E-state index in [0.29, 0.717) is 5.56 Å². The first-order valence-electron chi connectivity index (χ1n) is 8.41. The molecule has 1 aliphatic heterocycles. The molecule has 3 rings (SSSR count). The number of hydrazine groups is 1. The van der Waals surface area contributed by atoms with Crippen molar-refractivity contribution in [2.75, 3.05) is 13.1 Å². The summed E-state index contributed by atoms with van der Waals surface area (Å²) in [6, 6.07) is 14.6. The van der Waals surface area contributed by atoms with E-state index in [2.05, 4.69) is 0 Å². The molecule has 0 N–H and O–H groups in total. The number of halogens is 1. The molecule has 0 saturated carbocycles. The number of rotatable bonds is 4. The Bertz CT molecular complexity index is 859. The molecule has 0 bridgehead atoms. The van der Waals surface area contributed by atoms with Crippen LogP contribution in [0.2, 0.25) is 0 Å². The minimum absolute atomic E-state index is 0.0456. The van der Waals surface area contributed by atoms with E-state index < -0.39 is 17.8 Å². The van der Waals surface area contributed by atoms with Gasteiger partial charge in [0.1, 0.15) is 25.5 Å². The molecule has 10 heteroatoms. The maximum atomic E-state index is 13.0. The van der Waals surface area contributed by atoms with Gasteiger partial charge in [-0.3, -0.25) is 9.59 Å². The van der Waals surface area contributed by atoms with Gasteiger partial charge in [-0.05, 0) is 23.3 Å². The topological polar surface area (TPSA) is 118 Å². The highest BCUT2D eigenvalue weighted by Gasteiger charge is 2.36. The molecule has 1 heterocycles. The average molecular weight is 404 g/mol. The van der Waals surface area contributed by atoms with E-state index in [1.165, 1.54) is 24.3 Å². The highest BCUT2D eigenvalue weighted by atomic mass is 19.1. The molecular weight excluding hydrogens is 387 g/mol. The molecule has 0 spiro atoms. The minimum atomic E-state index is -0.757. The maximum absolute atomic E-state index is 13.0. The number of hydrogen-bond donors (Lipinski definition) is 0. The van der Waals surface area contributed by atoms with Crippen LogP contribution in [0.15, 0.2) is 54.6 Å². The van der Waals surface area contributed by atoms with Gasteiger partial charge in [0.25, 0.3) is 0 Å². The van der Waals surface area contributed by atoms with Crippen molar-refractivity contribution in [1.29, 1.82) is 0 Å². The van der Waals surface area contributed by atoms with Gasteiger partial charge in [0, 0.05) is 0 Å². The molecule has 2 aromatic rings. The molecule has 0 radical (unpaired) electrons. The zero-order valence-corrected chi connectivity index (χ0v) is 15.2. The average Bonchev–Trinajstić information content (AvgIpc) is 3.11. The molecule has 1 aliphatic rings. The van der Waals surface area contributed by atoms with Gasteiger partial charge in [0.05, 0.1) is 6.42 Å². The number of carbonyl (C=O) groups is 3. The van der Waals surface area contributed by atoms with Crippen LogP contribution in [0.1, 0.15) is 11.1 Å². The zero-order chi connectivity index (χ0) is 21.2. The largest absolute Gasteiger partial charge is 0.443 e. The third-order valence-corrected chi connectivity index (χ3v) is 3.92. The summed E-state index contributed by atoms with van der Waals surface area (Å²) in [5.74, 6) is -1.09. The molecule has 1 saturated heterocycles. The molecule has 0 aliphatic carbocycles. The summed E-state index contributed by atoms with van der Waals surface area (Å²) < 4.78 is 19.9. The highest BCUT2D eigenvalue weighted by molar-refractivity contribution is 5.94. The zero-order valence-electron chi connectivity index (χ0n) is 15.2. The van der Waals surface area contributed by atoms with Crippen LogP contribution in [-0.2, 0) is 27.4 Å². The van der Waals surface area contributed by atoms with E-state index in [4.69, 9.17) is 15.0 Å². The second-order valence-corrected chi connectivity index (χ2v) is 5.96. The lowest BCUT2D eigenvalue weighted by molar-refractivity contribution is -0.284. The fraction of sp³-hybridized carbons (Fsp3) is 0.211. The Morgan fingerprint density at radius 3 is 2.21 bits per heavy atom. The Morgan fingerprint density at radius 1 is 1.00 bits per heavy atom. The van der Waals surface area contributed by atoms with Crippen LogP contribution in [0.3, 0.4) is 0 Å². The van der Waals surface area contributed by atoms with Gasteiger partial charge < -0.3 is 4.74 Å². The van der Waals surface area contributed by atoms with Crippen LogP contribution in [0.25, 0.3) is 0 Å². The quantitative estimate of drug-likeness (QED) is 0.429. The lowest BCUT2D eigenvalue weighted by Crippen LogP contribution is -2.45. The number of benzene rings is 2. The van der Waals surface area contributed by atoms with E-state index in [9.17, 15) is 18.8 Å². The third-order valence-electron chi connectivity index (χ3n) is 3.92. The van der Waals surface area contributed by atoms with Gasteiger partial charge in [-0.15, -0.1) is 0 Å². The van der Waals surface area contributed by atoms with Gasteiger partial charge in [-0.2, -0.15) is 0 Å². The van der Waals surface area contributed by atoms with Crippen LogP contribution < -0.4 is 5.26 Å². The molecule has 2 amide bonds. The highest BCUT2D eigenvalue weighted by Crippen LogP contribution is 2.14. The van der Waals surface area contributed by atoms with Crippen LogP contribution in [0, 0.1) is 15.5 Å². The van der Waals surface area contributed by atoms with Gasteiger partial charge >= 0.3 is 6.09 Å². The lowest BCUT2D eigenvalue weighted by atomic mass is 10.1.